The molecule has 0 aromatic rings. The fourth-order valence-electron chi connectivity index (χ4n) is 1.11. The minimum atomic E-state index is 0. The van der Waals surface area contributed by atoms with Crippen molar-refractivity contribution < 1.29 is 17.1 Å². The summed E-state index contributed by atoms with van der Waals surface area (Å²) < 4.78 is 0. The zero-order chi connectivity index (χ0) is 5.66. The number of hydrogen-bond acceptors (Lipinski definition) is 0. The van der Waals surface area contributed by atoms with E-state index in [0.717, 1.165) is 0 Å². The molecule has 1 aliphatic rings. The molecule has 0 aromatic heterocycles. The van der Waals surface area contributed by atoms with Crippen molar-refractivity contribution in [2.45, 2.75) is 38.5 Å². The van der Waals surface area contributed by atoms with Crippen LogP contribution in [0.1, 0.15) is 38.5 Å². The average molecular weight is 166 g/mol. The topological polar surface area (TPSA) is 0 Å². The van der Waals surface area contributed by atoms with E-state index < -0.39 is 0 Å². The first-order valence-corrected chi connectivity index (χ1v) is 3.65. The minimum absolute atomic E-state index is 0. The Morgan fingerprint density at radius 1 is 0.667 bits per heavy atom. The molecule has 0 heterocycles. The van der Waals surface area contributed by atoms with Crippen LogP contribution in [0.2, 0.25) is 0 Å². The van der Waals surface area contributed by atoms with Crippen molar-refractivity contribution in [3.63, 3.8) is 0 Å². The first-order valence-electron chi connectivity index (χ1n) is 3.65. The molecule has 54 valence electrons. The van der Waals surface area contributed by atoms with E-state index in [1.165, 1.54) is 38.5 Å². The van der Waals surface area contributed by atoms with Crippen molar-refractivity contribution in [1.29, 1.82) is 0 Å². The minimum Gasteiger partial charge on any atom is -0.0885 e. The summed E-state index contributed by atoms with van der Waals surface area (Å²) >= 11 is 0. The van der Waals surface area contributed by atoms with Gasteiger partial charge < -0.3 is 0 Å². The van der Waals surface area contributed by atoms with Crippen LogP contribution in [0.15, 0.2) is 12.2 Å². The van der Waals surface area contributed by atoms with E-state index in [4.69, 9.17) is 0 Å². The fourth-order valence-corrected chi connectivity index (χ4v) is 1.11. The van der Waals surface area contributed by atoms with Gasteiger partial charge in [0.2, 0.25) is 0 Å². The summed E-state index contributed by atoms with van der Waals surface area (Å²) in [5.41, 5.74) is 0. The SMILES string of the molecule is C1=CCCCCCC1.[Fe]. The van der Waals surface area contributed by atoms with Crippen LogP contribution in [0.25, 0.3) is 0 Å². The van der Waals surface area contributed by atoms with Crippen molar-refractivity contribution in [3.05, 3.63) is 12.2 Å². The molecule has 0 fully saturated rings. The van der Waals surface area contributed by atoms with Crippen LogP contribution < -0.4 is 0 Å². The Kier molecular flexibility index (Phi) is 6.56. The maximum atomic E-state index is 2.32. The molecular weight excluding hydrogens is 152 g/mol. The normalized spacial score (nSPS) is 19.6. The standard InChI is InChI=1S/C8H14.Fe/c1-2-4-6-8-7-5-3-1;/h1-2H,3-8H2;. The molecule has 0 spiro atoms. The van der Waals surface area contributed by atoms with Crippen molar-refractivity contribution in [2.24, 2.45) is 0 Å². The summed E-state index contributed by atoms with van der Waals surface area (Å²) in [5, 5.41) is 0. The van der Waals surface area contributed by atoms with E-state index in [2.05, 4.69) is 12.2 Å². The summed E-state index contributed by atoms with van der Waals surface area (Å²) in [7, 11) is 0. The third-order valence-corrected chi connectivity index (χ3v) is 1.66. The van der Waals surface area contributed by atoms with E-state index in [1.807, 2.05) is 0 Å². The molecule has 1 heteroatoms. The molecule has 0 saturated carbocycles. The van der Waals surface area contributed by atoms with E-state index in [9.17, 15) is 0 Å². The molecule has 0 saturated heterocycles. The van der Waals surface area contributed by atoms with Crippen LogP contribution in [0.5, 0.6) is 0 Å². The van der Waals surface area contributed by atoms with Gasteiger partial charge in [0.25, 0.3) is 0 Å². The molecule has 0 unspecified atom stereocenters. The molecule has 0 aromatic carbocycles. The molecule has 1 aliphatic carbocycles. The van der Waals surface area contributed by atoms with Gasteiger partial charge in [-0.25, -0.2) is 0 Å². The van der Waals surface area contributed by atoms with Crippen molar-refractivity contribution in [2.75, 3.05) is 0 Å². The van der Waals surface area contributed by atoms with Gasteiger partial charge >= 0.3 is 0 Å². The maximum Gasteiger partial charge on any atom is 0 e. The van der Waals surface area contributed by atoms with Gasteiger partial charge in [0.05, 0.1) is 0 Å². The average Bonchev–Trinajstić information content (AvgIpc) is 1.62. The quantitative estimate of drug-likeness (QED) is 0.383. The van der Waals surface area contributed by atoms with Crippen LogP contribution in [0, 0.1) is 0 Å². The molecular formula is C8H14Fe. The van der Waals surface area contributed by atoms with Crippen LogP contribution in [-0.2, 0) is 17.1 Å². The number of rotatable bonds is 0. The Bertz CT molecular complexity index is 66.6. The third kappa shape index (κ3) is 4.74. The largest absolute Gasteiger partial charge is 0.0885 e. The Morgan fingerprint density at radius 2 is 1.11 bits per heavy atom. The molecule has 9 heavy (non-hydrogen) atoms. The second-order valence-electron chi connectivity index (χ2n) is 2.46. The maximum absolute atomic E-state index is 2.32. The predicted molar refractivity (Wildman–Crippen MR) is 36.8 cm³/mol. The number of allylic oxidation sites excluding steroid dienone is 2. The molecule has 0 aliphatic heterocycles. The first-order chi connectivity index (χ1) is 4.00. The molecule has 0 bridgehead atoms. The Morgan fingerprint density at radius 3 is 1.56 bits per heavy atom. The molecule has 1 rings (SSSR count). The molecule has 0 amide bonds. The van der Waals surface area contributed by atoms with Gasteiger partial charge in [0.15, 0.2) is 0 Å². The molecule has 0 radical (unpaired) electrons. The predicted octanol–water partition coefficient (Wildman–Crippen LogP) is 2.89. The van der Waals surface area contributed by atoms with Gasteiger partial charge in [-0.1, -0.05) is 25.0 Å². The summed E-state index contributed by atoms with van der Waals surface area (Å²) in [6, 6.07) is 0. The first kappa shape index (κ1) is 9.26. The Labute approximate surface area is 68.2 Å². The Hall–Kier alpha value is 0.259. The Balaban J connectivity index is 0.000000640. The van der Waals surface area contributed by atoms with E-state index in [0.29, 0.717) is 0 Å². The molecule has 0 nitrogen and oxygen atoms in total. The summed E-state index contributed by atoms with van der Waals surface area (Å²) in [6.07, 6.45) is 13.0. The van der Waals surface area contributed by atoms with E-state index in [-0.39, 0.29) is 17.1 Å². The molecule has 0 atom stereocenters. The van der Waals surface area contributed by atoms with Crippen LogP contribution >= 0.6 is 0 Å². The fraction of sp³-hybridized carbons (Fsp3) is 0.750. The van der Waals surface area contributed by atoms with Gasteiger partial charge in [0, 0.05) is 17.1 Å². The summed E-state index contributed by atoms with van der Waals surface area (Å²) in [4.78, 5) is 0. The van der Waals surface area contributed by atoms with Crippen molar-refractivity contribution in [3.8, 4) is 0 Å². The smallest absolute Gasteiger partial charge is 0 e. The van der Waals surface area contributed by atoms with Gasteiger partial charge in [0.1, 0.15) is 0 Å². The third-order valence-electron chi connectivity index (χ3n) is 1.66. The zero-order valence-electron chi connectivity index (χ0n) is 5.75. The van der Waals surface area contributed by atoms with Crippen LogP contribution in [0.4, 0.5) is 0 Å². The second kappa shape index (κ2) is 6.38. The van der Waals surface area contributed by atoms with Crippen molar-refractivity contribution in [1.82, 2.24) is 0 Å². The van der Waals surface area contributed by atoms with Gasteiger partial charge in [-0.2, -0.15) is 0 Å². The van der Waals surface area contributed by atoms with Crippen molar-refractivity contribution >= 4 is 0 Å². The van der Waals surface area contributed by atoms with E-state index in [1.54, 1.807) is 0 Å². The van der Waals surface area contributed by atoms with Gasteiger partial charge in [-0.05, 0) is 25.7 Å². The second-order valence-corrected chi connectivity index (χ2v) is 2.46. The summed E-state index contributed by atoms with van der Waals surface area (Å²) in [5.74, 6) is 0. The van der Waals surface area contributed by atoms with Gasteiger partial charge in [-0.15, -0.1) is 0 Å². The summed E-state index contributed by atoms with van der Waals surface area (Å²) in [6.45, 7) is 0. The van der Waals surface area contributed by atoms with Crippen LogP contribution in [0.3, 0.4) is 0 Å². The number of hydrogen-bond donors (Lipinski definition) is 0. The van der Waals surface area contributed by atoms with Gasteiger partial charge in [-0.3, -0.25) is 0 Å². The molecule has 0 N–H and O–H groups in total. The van der Waals surface area contributed by atoms with E-state index >= 15 is 0 Å². The van der Waals surface area contributed by atoms with Crippen LogP contribution in [-0.4, -0.2) is 0 Å². The zero-order valence-corrected chi connectivity index (χ0v) is 6.86. The monoisotopic (exact) mass is 166 g/mol.